The molecule has 1 heterocycles. The fourth-order valence-electron chi connectivity index (χ4n) is 2.82. The van der Waals surface area contributed by atoms with Crippen molar-refractivity contribution in [3.8, 4) is 0 Å². The zero-order valence-electron chi connectivity index (χ0n) is 9.73. The van der Waals surface area contributed by atoms with Gasteiger partial charge in [-0.3, -0.25) is 9.80 Å². The van der Waals surface area contributed by atoms with Crippen LogP contribution in [0.15, 0.2) is 0 Å². The summed E-state index contributed by atoms with van der Waals surface area (Å²) in [5.74, 6) is 0.208. The van der Waals surface area contributed by atoms with E-state index >= 15 is 0 Å². The minimum absolute atomic E-state index is 0.208. The predicted octanol–water partition coefficient (Wildman–Crippen LogP) is 1.36. The van der Waals surface area contributed by atoms with E-state index in [4.69, 9.17) is 0 Å². The lowest BCUT2D eigenvalue weighted by molar-refractivity contribution is -0.164. The average molecular weight is 224 g/mol. The number of carbonyl (C=O) groups excluding carboxylic acids is 2. The lowest BCUT2D eigenvalue weighted by Gasteiger charge is -2.43. The number of hydrazine groups is 1. The molecule has 1 aliphatic heterocycles. The van der Waals surface area contributed by atoms with Crippen molar-refractivity contribution in [2.75, 3.05) is 13.1 Å². The summed E-state index contributed by atoms with van der Waals surface area (Å²) in [5, 5.41) is 3.83. The van der Waals surface area contributed by atoms with Crippen molar-refractivity contribution in [3.63, 3.8) is 0 Å². The third kappa shape index (κ3) is 2.43. The van der Waals surface area contributed by atoms with Crippen molar-refractivity contribution in [1.82, 2.24) is 10.0 Å². The molecule has 1 saturated carbocycles. The van der Waals surface area contributed by atoms with Gasteiger partial charge in [-0.2, -0.15) is 0 Å². The number of nitrogens with zero attached hydrogens (tertiary/aromatic N) is 2. The molecule has 0 spiro atoms. The quantitative estimate of drug-likeness (QED) is 0.680. The second-order valence-corrected chi connectivity index (χ2v) is 4.71. The smallest absolute Gasteiger partial charge is 0.237 e. The number of hydrogen-bond donors (Lipinski definition) is 0. The molecule has 0 atom stereocenters. The molecule has 0 radical (unpaired) electrons. The third-order valence-corrected chi connectivity index (χ3v) is 3.57. The Morgan fingerprint density at radius 2 is 1.94 bits per heavy atom. The molecular formula is C12H20N2O2. The molecule has 4 nitrogen and oxygen atoms in total. The van der Waals surface area contributed by atoms with Gasteiger partial charge in [-0.1, -0.05) is 19.3 Å². The first-order valence-electron chi connectivity index (χ1n) is 6.33. The van der Waals surface area contributed by atoms with Crippen molar-refractivity contribution in [2.24, 2.45) is 0 Å². The van der Waals surface area contributed by atoms with Crippen LogP contribution in [-0.2, 0) is 9.59 Å². The van der Waals surface area contributed by atoms with Crippen LogP contribution in [0.5, 0.6) is 0 Å². The van der Waals surface area contributed by atoms with Crippen molar-refractivity contribution in [2.45, 2.75) is 51.0 Å². The molecule has 16 heavy (non-hydrogen) atoms. The Kier molecular flexibility index (Phi) is 3.93. The number of rotatable bonds is 3. The lowest BCUT2D eigenvalue weighted by atomic mass is 9.94. The van der Waals surface area contributed by atoms with Crippen molar-refractivity contribution >= 4 is 12.2 Å². The van der Waals surface area contributed by atoms with Crippen molar-refractivity contribution in [3.05, 3.63) is 0 Å². The number of carbonyl (C=O) groups is 2. The first kappa shape index (κ1) is 11.6. The van der Waals surface area contributed by atoms with Crippen LogP contribution in [0.4, 0.5) is 0 Å². The fourth-order valence-corrected chi connectivity index (χ4v) is 2.82. The molecule has 4 heteroatoms. The highest BCUT2D eigenvalue weighted by Crippen LogP contribution is 2.26. The van der Waals surface area contributed by atoms with Gasteiger partial charge >= 0.3 is 0 Å². The van der Waals surface area contributed by atoms with Crippen LogP contribution in [-0.4, -0.2) is 41.3 Å². The summed E-state index contributed by atoms with van der Waals surface area (Å²) < 4.78 is 0. The Balaban J connectivity index is 2.05. The van der Waals surface area contributed by atoms with E-state index in [2.05, 4.69) is 0 Å². The largest absolute Gasteiger partial charge is 0.302 e. The number of amides is 1. The highest BCUT2D eigenvalue weighted by Gasteiger charge is 2.32. The van der Waals surface area contributed by atoms with Gasteiger partial charge in [0.05, 0.1) is 6.54 Å². The maximum Gasteiger partial charge on any atom is 0.237 e. The van der Waals surface area contributed by atoms with E-state index in [0.29, 0.717) is 19.0 Å². The van der Waals surface area contributed by atoms with Gasteiger partial charge in [0.15, 0.2) is 0 Å². The third-order valence-electron chi connectivity index (χ3n) is 3.57. The normalized spacial score (nSPS) is 24.8. The van der Waals surface area contributed by atoms with Crippen LogP contribution in [0.25, 0.3) is 0 Å². The highest BCUT2D eigenvalue weighted by molar-refractivity contribution is 5.77. The molecule has 0 aromatic heterocycles. The van der Waals surface area contributed by atoms with Crippen LogP contribution in [0, 0.1) is 0 Å². The summed E-state index contributed by atoms with van der Waals surface area (Å²) in [4.78, 5) is 22.6. The molecule has 0 aromatic carbocycles. The topological polar surface area (TPSA) is 40.6 Å². The molecule has 2 fully saturated rings. The van der Waals surface area contributed by atoms with Gasteiger partial charge in [-0.25, -0.2) is 5.01 Å². The van der Waals surface area contributed by atoms with Gasteiger partial charge in [0, 0.05) is 19.0 Å². The zero-order chi connectivity index (χ0) is 11.4. The first-order valence-corrected chi connectivity index (χ1v) is 6.33. The summed E-state index contributed by atoms with van der Waals surface area (Å²) in [6, 6.07) is 0.349. The van der Waals surface area contributed by atoms with E-state index in [0.717, 1.165) is 32.1 Å². The van der Waals surface area contributed by atoms with Crippen LogP contribution >= 0.6 is 0 Å². The number of hydrogen-bond acceptors (Lipinski definition) is 3. The maximum absolute atomic E-state index is 11.9. The molecule has 0 bridgehead atoms. The monoisotopic (exact) mass is 224 g/mol. The summed E-state index contributed by atoms with van der Waals surface area (Å²) in [6.45, 7) is 1.21. The van der Waals surface area contributed by atoms with E-state index in [1.807, 2.05) is 10.0 Å². The Morgan fingerprint density at radius 1 is 1.19 bits per heavy atom. The fraction of sp³-hybridized carbons (Fsp3) is 0.833. The Morgan fingerprint density at radius 3 is 2.62 bits per heavy atom. The molecule has 0 aromatic rings. The first-order chi connectivity index (χ1) is 7.83. The molecule has 1 saturated heterocycles. The van der Waals surface area contributed by atoms with E-state index in [9.17, 15) is 9.59 Å². The van der Waals surface area contributed by atoms with Crippen LogP contribution in [0.1, 0.15) is 44.9 Å². The molecule has 2 rings (SSSR count). The Labute approximate surface area is 96.6 Å². The Hall–Kier alpha value is -0.900. The van der Waals surface area contributed by atoms with E-state index in [1.54, 1.807) is 0 Å². The zero-order valence-corrected chi connectivity index (χ0v) is 9.73. The van der Waals surface area contributed by atoms with E-state index in [-0.39, 0.29) is 5.91 Å². The van der Waals surface area contributed by atoms with Gasteiger partial charge in [0.1, 0.15) is 6.29 Å². The Bertz CT molecular complexity index is 262. The summed E-state index contributed by atoms with van der Waals surface area (Å²) in [7, 11) is 0. The van der Waals surface area contributed by atoms with Crippen LogP contribution < -0.4 is 0 Å². The molecular weight excluding hydrogens is 204 g/mol. The van der Waals surface area contributed by atoms with Gasteiger partial charge in [0.25, 0.3) is 0 Å². The van der Waals surface area contributed by atoms with Gasteiger partial charge in [0.2, 0.25) is 5.91 Å². The minimum atomic E-state index is 0.208. The molecule has 1 aliphatic carbocycles. The van der Waals surface area contributed by atoms with Gasteiger partial charge in [-0.15, -0.1) is 0 Å². The van der Waals surface area contributed by atoms with E-state index < -0.39 is 0 Å². The second kappa shape index (κ2) is 5.43. The second-order valence-electron chi connectivity index (χ2n) is 4.71. The molecule has 2 aliphatic rings. The van der Waals surface area contributed by atoms with Crippen LogP contribution in [0.2, 0.25) is 0 Å². The van der Waals surface area contributed by atoms with Gasteiger partial charge in [-0.05, 0) is 19.3 Å². The predicted molar refractivity (Wildman–Crippen MR) is 60.6 cm³/mol. The molecule has 90 valence electrons. The summed E-state index contributed by atoms with van der Waals surface area (Å²) >= 11 is 0. The highest BCUT2D eigenvalue weighted by atomic mass is 16.2. The standard InChI is InChI=1S/C12H20N2O2/c15-10-9-13-8-4-7-12(16)14(13)11-5-2-1-3-6-11/h10-11H,1-9H2. The minimum Gasteiger partial charge on any atom is -0.302 e. The number of aldehydes is 1. The van der Waals surface area contributed by atoms with Gasteiger partial charge < -0.3 is 4.79 Å². The lowest BCUT2D eigenvalue weighted by Crippen LogP contribution is -2.56. The molecule has 0 N–H and O–H groups in total. The average Bonchev–Trinajstić information content (AvgIpc) is 2.31. The summed E-state index contributed by atoms with van der Waals surface area (Å²) in [5.41, 5.74) is 0. The summed E-state index contributed by atoms with van der Waals surface area (Å²) in [6.07, 6.45) is 8.33. The molecule has 0 unspecified atom stereocenters. The van der Waals surface area contributed by atoms with Crippen LogP contribution in [0.3, 0.4) is 0 Å². The van der Waals surface area contributed by atoms with Crippen molar-refractivity contribution in [1.29, 1.82) is 0 Å². The SMILES string of the molecule is O=CCN1CCCC(=O)N1C1CCCCC1. The molecule has 1 amide bonds. The van der Waals surface area contributed by atoms with Crippen molar-refractivity contribution < 1.29 is 9.59 Å². The van der Waals surface area contributed by atoms with E-state index in [1.165, 1.54) is 19.3 Å². The maximum atomic E-state index is 11.9.